The van der Waals surface area contributed by atoms with E-state index in [4.69, 9.17) is 0 Å². The number of aromatic carboxylic acids is 1. The van der Waals surface area contributed by atoms with Crippen molar-refractivity contribution in [3.63, 3.8) is 0 Å². The average Bonchev–Trinajstić information content (AvgIpc) is 2.91. The minimum atomic E-state index is -1.32. The van der Waals surface area contributed by atoms with Gasteiger partial charge in [0.15, 0.2) is 25.1 Å². The van der Waals surface area contributed by atoms with E-state index in [9.17, 15) is 29.1 Å². The summed E-state index contributed by atoms with van der Waals surface area (Å²) in [6.45, 7) is 0. The van der Waals surface area contributed by atoms with Gasteiger partial charge < -0.3 is 5.11 Å². The molecule has 0 radical (unpaired) electrons. The summed E-state index contributed by atoms with van der Waals surface area (Å²) in [6.07, 6.45) is 5.26. The molecule has 4 rings (SSSR count). The van der Waals surface area contributed by atoms with Crippen molar-refractivity contribution in [2.24, 2.45) is 0 Å². The van der Waals surface area contributed by atoms with Crippen LogP contribution >= 0.6 is 0 Å². The van der Waals surface area contributed by atoms with E-state index >= 15 is 0 Å². The largest absolute Gasteiger partial charge is 0.478 e. The first kappa shape index (κ1) is 22.9. The number of rotatable bonds is 8. The van der Waals surface area contributed by atoms with Crippen LogP contribution in [0.15, 0.2) is 55.0 Å². The molecule has 170 valence electrons. The monoisotopic (exact) mass is 466 g/mol. The first-order chi connectivity index (χ1) is 17.0. The van der Waals surface area contributed by atoms with Crippen LogP contribution in [0.1, 0.15) is 51.9 Å². The smallest absolute Gasteiger partial charge is 0.336 e. The van der Waals surface area contributed by atoms with Gasteiger partial charge in [-0.1, -0.05) is 6.07 Å². The van der Waals surface area contributed by atoms with E-state index in [-0.39, 0.29) is 63.8 Å². The predicted octanol–water partition coefficient (Wildman–Crippen LogP) is 3.22. The van der Waals surface area contributed by atoms with E-state index in [1.54, 1.807) is 36.5 Å². The van der Waals surface area contributed by atoms with Gasteiger partial charge in [-0.05, 0) is 30.3 Å². The van der Waals surface area contributed by atoms with Crippen molar-refractivity contribution < 1.29 is 29.1 Å². The molecular weight excluding hydrogens is 452 g/mol. The molecule has 4 aromatic heterocycles. The molecular formula is C25H14N4O6. The standard InChI is InChI=1S/C25H14N4O6/c30-10-16-17(11-31)20(13-33)29-23(18(16)12-32)24-21(15(25(34)35)6-9-28-24)22-14(4-3-8-27-22)19-5-1-2-7-26-19/h1-13H,(H,34,35). The average molecular weight is 466 g/mol. The lowest BCUT2D eigenvalue weighted by Gasteiger charge is -2.16. The van der Waals surface area contributed by atoms with Gasteiger partial charge in [-0.15, -0.1) is 0 Å². The molecule has 0 spiro atoms. The summed E-state index contributed by atoms with van der Waals surface area (Å²) in [5, 5.41) is 9.95. The Bertz CT molecular complexity index is 1500. The molecule has 0 aromatic carbocycles. The predicted molar refractivity (Wildman–Crippen MR) is 122 cm³/mol. The van der Waals surface area contributed by atoms with Crippen LogP contribution in [0.5, 0.6) is 0 Å². The second kappa shape index (κ2) is 9.71. The molecule has 0 saturated heterocycles. The highest BCUT2D eigenvalue weighted by molar-refractivity contribution is 6.08. The fourth-order valence-corrected chi connectivity index (χ4v) is 3.68. The van der Waals surface area contributed by atoms with E-state index in [0.717, 1.165) is 0 Å². The minimum absolute atomic E-state index is 0.00981. The van der Waals surface area contributed by atoms with Gasteiger partial charge in [0.1, 0.15) is 11.4 Å². The molecule has 10 heteroatoms. The van der Waals surface area contributed by atoms with Crippen molar-refractivity contribution in [2.75, 3.05) is 0 Å². The molecule has 0 fully saturated rings. The number of hydrogen-bond acceptors (Lipinski definition) is 9. The summed E-state index contributed by atoms with van der Waals surface area (Å²) in [5.41, 5.74) is -0.903. The quantitative estimate of drug-likeness (QED) is 0.382. The first-order valence-electron chi connectivity index (χ1n) is 10.0. The van der Waals surface area contributed by atoms with Crippen molar-refractivity contribution in [1.82, 2.24) is 19.9 Å². The third kappa shape index (κ3) is 4.00. The molecule has 0 saturated carbocycles. The van der Waals surface area contributed by atoms with Gasteiger partial charge in [0, 0.05) is 35.3 Å². The molecule has 0 aliphatic rings. The summed E-state index contributed by atoms with van der Waals surface area (Å²) in [5.74, 6) is -1.32. The molecule has 0 amide bonds. The van der Waals surface area contributed by atoms with Gasteiger partial charge >= 0.3 is 5.97 Å². The van der Waals surface area contributed by atoms with Gasteiger partial charge in [0.05, 0.1) is 33.8 Å². The fraction of sp³-hybridized carbons (Fsp3) is 0. The van der Waals surface area contributed by atoms with Gasteiger partial charge in [0.25, 0.3) is 0 Å². The minimum Gasteiger partial charge on any atom is -0.478 e. The van der Waals surface area contributed by atoms with Crippen LogP contribution in [-0.4, -0.2) is 56.2 Å². The maximum Gasteiger partial charge on any atom is 0.336 e. The summed E-state index contributed by atoms with van der Waals surface area (Å²) in [7, 11) is 0. The Kier molecular flexibility index (Phi) is 6.36. The summed E-state index contributed by atoms with van der Waals surface area (Å²) in [6, 6.07) is 9.75. The van der Waals surface area contributed by atoms with Gasteiger partial charge in [-0.25, -0.2) is 9.78 Å². The van der Waals surface area contributed by atoms with E-state index in [1.807, 2.05) is 0 Å². The number of nitrogens with zero attached hydrogens (tertiary/aromatic N) is 4. The summed E-state index contributed by atoms with van der Waals surface area (Å²) in [4.78, 5) is 76.3. The number of carboxylic acids is 1. The summed E-state index contributed by atoms with van der Waals surface area (Å²) < 4.78 is 0. The molecule has 1 N–H and O–H groups in total. The Morgan fingerprint density at radius 3 is 2.03 bits per heavy atom. The lowest BCUT2D eigenvalue weighted by molar-refractivity contribution is 0.0697. The Morgan fingerprint density at radius 2 is 1.40 bits per heavy atom. The molecule has 0 aliphatic heterocycles. The number of carboxylic acid groups (broad SMARTS) is 1. The van der Waals surface area contributed by atoms with E-state index < -0.39 is 11.7 Å². The lowest BCUT2D eigenvalue weighted by atomic mass is 9.92. The second-order valence-electron chi connectivity index (χ2n) is 7.06. The molecule has 0 unspecified atom stereocenters. The van der Waals surface area contributed by atoms with Crippen LogP contribution in [-0.2, 0) is 0 Å². The fourth-order valence-electron chi connectivity index (χ4n) is 3.68. The third-order valence-electron chi connectivity index (χ3n) is 5.20. The SMILES string of the molecule is O=Cc1nc(-c2nccc(C(=O)O)c2-c2ncccc2-c2ccccn2)c(C=O)c(C=O)c1C=O. The van der Waals surface area contributed by atoms with Crippen LogP contribution < -0.4 is 0 Å². The normalized spacial score (nSPS) is 10.4. The number of aromatic nitrogens is 4. The molecule has 10 nitrogen and oxygen atoms in total. The van der Waals surface area contributed by atoms with Crippen molar-refractivity contribution in [1.29, 1.82) is 0 Å². The maximum atomic E-state index is 12.2. The van der Waals surface area contributed by atoms with Crippen LogP contribution in [0.2, 0.25) is 0 Å². The van der Waals surface area contributed by atoms with E-state index in [0.29, 0.717) is 17.5 Å². The number of aldehydes is 4. The number of carbonyl (C=O) groups is 5. The summed E-state index contributed by atoms with van der Waals surface area (Å²) >= 11 is 0. The van der Waals surface area contributed by atoms with Crippen LogP contribution in [0, 0.1) is 0 Å². The molecule has 4 heterocycles. The molecule has 0 atom stereocenters. The highest BCUT2D eigenvalue weighted by Gasteiger charge is 2.27. The second-order valence-corrected chi connectivity index (χ2v) is 7.06. The number of pyridine rings is 4. The number of carbonyl (C=O) groups excluding carboxylic acids is 4. The molecule has 0 aliphatic carbocycles. The van der Waals surface area contributed by atoms with Gasteiger partial charge in [0.2, 0.25) is 0 Å². The zero-order chi connectivity index (χ0) is 24.9. The van der Waals surface area contributed by atoms with Crippen molar-refractivity contribution >= 4 is 31.1 Å². The van der Waals surface area contributed by atoms with Crippen LogP contribution in [0.25, 0.3) is 33.9 Å². The Hall–Kier alpha value is -5.25. The first-order valence-corrected chi connectivity index (χ1v) is 10.0. The van der Waals surface area contributed by atoms with E-state index in [2.05, 4.69) is 19.9 Å². The topological polar surface area (TPSA) is 157 Å². The molecule has 35 heavy (non-hydrogen) atoms. The van der Waals surface area contributed by atoms with Crippen LogP contribution in [0.3, 0.4) is 0 Å². The van der Waals surface area contributed by atoms with Crippen LogP contribution in [0.4, 0.5) is 0 Å². The zero-order valence-electron chi connectivity index (χ0n) is 17.8. The van der Waals surface area contributed by atoms with Gasteiger partial charge in [-0.2, -0.15) is 0 Å². The molecule has 0 bridgehead atoms. The maximum absolute atomic E-state index is 12.2. The third-order valence-corrected chi connectivity index (χ3v) is 5.20. The van der Waals surface area contributed by atoms with Crippen molar-refractivity contribution in [3.05, 3.63) is 82.9 Å². The lowest BCUT2D eigenvalue weighted by Crippen LogP contribution is -2.11. The Labute approximate surface area is 197 Å². The van der Waals surface area contributed by atoms with Gasteiger partial charge in [-0.3, -0.25) is 34.1 Å². The van der Waals surface area contributed by atoms with Crippen molar-refractivity contribution in [2.45, 2.75) is 0 Å². The molecule has 4 aromatic rings. The Balaban J connectivity index is 2.16. The highest BCUT2D eigenvalue weighted by Crippen LogP contribution is 2.38. The zero-order valence-corrected chi connectivity index (χ0v) is 17.8. The van der Waals surface area contributed by atoms with E-state index in [1.165, 1.54) is 18.5 Å². The number of hydrogen-bond donors (Lipinski definition) is 1. The highest BCUT2D eigenvalue weighted by atomic mass is 16.4. The van der Waals surface area contributed by atoms with Crippen molar-refractivity contribution in [3.8, 4) is 33.9 Å². The Morgan fingerprint density at radius 1 is 0.686 bits per heavy atom.